The summed E-state index contributed by atoms with van der Waals surface area (Å²) in [6.45, 7) is 5.83. The Bertz CT molecular complexity index is 1300. The molecule has 0 saturated carbocycles. The monoisotopic (exact) mass is 461 g/mol. The minimum atomic E-state index is -0.799. The number of rotatable bonds is 4. The first-order valence-corrected chi connectivity index (χ1v) is 11.7. The van der Waals surface area contributed by atoms with Crippen LogP contribution in [-0.4, -0.2) is 33.1 Å². The number of benzene rings is 2. The van der Waals surface area contributed by atoms with Gasteiger partial charge in [0.1, 0.15) is 22.6 Å². The summed E-state index contributed by atoms with van der Waals surface area (Å²) in [6, 6.07) is 12.3. The van der Waals surface area contributed by atoms with Crippen LogP contribution in [0, 0.1) is 6.92 Å². The lowest BCUT2D eigenvalue weighted by Gasteiger charge is -2.22. The predicted molar refractivity (Wildman–Crippen MR) is 125 cm³/mol. The fraction of sp³-hybridized carbons (Fsp3) is 0.280. The second-order valence-electron chi connectivity index (χ2n) is 8.32. The van der Waals surface area contributed by atoms with E-state index in [0.717, 1.165) is 35.3 Å². The van der Waals surface area contributed by atoms with Crippen LogP contribution in [0.25, 0.3) is 5.76 Å². The molecule has 2 aromatic carbocycles. The number of carbonyl (C=O) groups excluding carboxylic acids is 2. The molecule has 2 aliphatic heterocycles. The van der Waals surface area contributed by atoms with Gasteiger partial charge >= 0.3 is 5.91 Å². The van der Waals surface area contributed by atoms with Gasteiger partial charge in [-0.3, -0.25) is 14.5 Å². The maximum Gasteiger partial charge on any atom is 0.301 e. The van der Waals surface area contributed by atoms with Crippen molar-refractivity contribution in [2.45, 2.75) is 45.8 Å². The van der Waals surface area contributed by atoms with E-state index in [9.17, 15) is 14.7 Å². The minimum Gasteiger partial charge on any atom is -0.507 e. The normalized spacial score (nSPS) is 21.4. The molecule has 1 N–H and O–H groups in total. The highest BCUT2D eigenvalue weighted by Crippen LogP contribution is 2.43. The van der Waals surface area contributed by atoms with Gasteiger partial charge in [0.2, 0.25) is 5.13 Å². The molecule has 1 aromatic heterocycles. The smallest absolute Gasteiger partial charge is 0.301 e. The number of hydrogen-bond acceptors (Lipinski definition) is 7. The molecule has 3 aromatic rings. The van der Waals surface area contributed by atoms with Crippen LogP contribution in [0.2, 0.25) is 0 Å². The molecule has 0 aliphatic carbocycles. The Hall–Kier alpha value is -3.52. The Labute approximate surface area is 195 Å². The van der Waals surface area contributed by atoms with Gasteiger partial charge in [-0.2, -0.15) is 0 Å². The third kappa shape index (κ3) is 3.60. The molecule has 7 nitrogen and oxygen atoms in total. The van der Waals surface area contributed by atoms with Crippen molar-refractivity contribution in [3.05, 3.63) is 75.3 Å². The highest BCUT2D eigenvalue weighted by molar-refractivity contribution is 7.15. The highest BCUT2D eigenvalue weighted by atomic mass is 32.1. The number of fused-ring (bicyclic) bond motifs is 1. The maximum atomic E-state index is 13.2. The van der Waals surface area contributed by atoms with E-state index in [1.54, 1.807) is 19.1 Å². The number of aryl methyl sites for hydroxylation is 2. The zero-order valence-corrected chi connectivity index (χ0v) is 19.3. The third-order valence-electron chi connectivity index (χ3n) is 6.04. The number of anilines is 1. The van der Waals surface area contributed by atoms with Gasteiger partial charge in [0, 0.05) is 12.0 Å². The Kier molecular flexibility index (Phi) is 5.25. The van der Waals surface area contributed by atoms with Crippen molar-refractivity contribution in [1.82, 2.24) is 10.2 Å². The summed E-state index contributed by atoms with van der Waals surface area (Å²) in [7, 11) is 0. The molecule has 3 heterocycles. The molecule has 33 heavy (non-hydrogen) atoms. The topological polar surface area (TPSA) is 92.6 Å². The van der Waals surface area contributed by atoms with Gasteiger partial charge in [-0.05, 0) is 55.2 Å². The molecule has 168 valence electrons. The number of ether oxygens (including phenoxy) is 1. The first-order valence-electron chi connectivity index (χ1n) is 10.9. The molecular formula is C25H23N3O4S. The minimum absolute atomic E-state index is 0.0454. The summed E-state index contributed by atoms with van der Waals surface area (Å²) < 4.78 is 5.75. The van der Waals surface area contributed by atoms with Crippen LogP contribution in [0.4, 0.5) is 5.13 Å². The number of aromatic nitrogens is 2. The number of Topliss-reactive ketones (excluding diaryl/α,β-unsaturated/α-hetero) is 1. The summed E-state index contributed by atoms with van der Waals surface area (Å²) >= 11 is 1.23. The van der Waals surface area contributed by atoms with Crippen LogP contribution >= 0.6 is 11.3 Å². The van der Waals surface area contributed by atoms with E-state index in [0.29, 0.717) is 15.7 Å². The van der Waals surface area contributed by atoms with Gasteiger partial charge in [0.15, 0.2) is 0 Å². The van der Waals surface area contributed by atoms with Crippen LogP contribution in [0.15, 0.2) is 48.0 Å². The molecule has 0 unspecified atom stereocenters. The van der Waals surface area contributed by atoms with Crippen LogP contribution in [-0.2, 0) is 22.4 Å². The van der Waals surface area contributed by atoms with Crippen molar-refractivity contribution in [2.75, 3.05) is 4.90 Å². The fourth-order valence-electron chi connectivity index (χ4n) is 4.39. The lowest BCUT2D eigenvalue weighted by molar-refractivity contribution is -0.132. The van der Waals surface area contributed by atoms with E-state index < -0.39 is 17.7 Å². The predicted octanol–water partition coefficient (Wildman–Crippen LogP) is 4.36. The van der Waals surface area contributed by atoms with E-state index in [1.807, 2.05) is 37.3 Å². The molecule has 2 aliphatic rings. The van der Waals surface area contributed by atoms with Crippen LogP contribution < -0.4 is 9.64 Å². The Morgan fingerprint density at radius 2 is 1.94 bits per heavy atom. The molecule has 1 fully saturated rings. The highest BCUT2D eigenvalue weighted by Gasteiger charge is 2.48. The van der Waals surface area contributed by atoms with E-state index in [-0.39, 0.29) is 17.4 Å². The summed E-state index contributed by atoms with van der Waals surface area (Å²) in [4.78, 5) is 27.7. The van der Waals surface area contributed by atoms with Gasteiger partial charge in [-0.25, -0.2) is 0 Å². The zero-order chi connectivity index (χ0) is 23.3. The SMILES string of the molecule is CCc1ccc([C@@H]2C(=C(O)c3ccc4c(c3)C[C@H](C)O4)C(=O)C(=O)N2c2nnc(C)s2)cc1. The number of aliphatic hydroxyl groups is 1. The largest absolute Gasteiger partial charge is 0.507 e. The molecule has 5 rings (SSSR count). The van der Waals surface area contributed by atoms with Crippen LogP contribution in [0.1, 0.15) is 47.2 Å². The van der Waals surface area contributed by atoms with Gasteiger partial charge in [0.25, 0.3) is 5.78 Å². The van der Waals surface area contributed by atoms with Gasteiger partial charge in [-0.1, -0.05) is 42.5 Å². The third-order valence-corrected chi connectivity index (χ3v) is 6.88. The van der Waals surface area contributed by atoms with E-state index in [2.05, 4.69) is 17.1 Å². The van der Waals surface area contributed by atoms with Crippen molar-refractivity contribution in [3.8, 4) is 5.75 Å². The quantitative estimate of drug-likeness (QED) is 0.353. The van der Waals surface area contributed by atoms with Crippen molar-refractivity contribution >= 4 is 33.9 Å². The van der Waals surface area contributed by atoms with E-state index >= 15 is 0 Å². The number of hydrogen-bond donors (Lipinski definition) is 1. The molecule has 0 radical (unpaired) electrons. The van der Waals surface area contributed by atoms with Gasteiger partial charge in [-0.15, -0.1) is 10.2 Å². The summed E-state index contributed by atoms with van der Waals surface area (Å²) in [5.74, 6) is -0.898. The Morgan fingerprint density at radius 1 is 1.18 bits per heavy atom. The van der Waals surface area contributed by atoms with Gasteiger partial charge in [0.05, 0.1) is 11.6 Å². The number of aliphatic hydroxyl groups excluding tert-OH is 1. The number of carbonyl (C=O) groups is 2. The first-order chi connectivity index (χ1) is 15.9. The summed E-state index contributed by atoms with van der Waals surface area (Å²) in [6.07, 6.45) is 1.64. The summed E-state index contributed by atoms with van der Waals surface area (Å²) in [5, 5.41) is 20.5. The second kappa shape index (κ2) is 8.12. The lowest BCUT2D eigenvalue weighted by Crippen LogP contribution is -2.29. The van der Waals surface area contributed by atoms with Crippen molar-refractivity contribution in [1.29, 1.82) is 0 Å². The average Bonchev–Trinajstić information content (AvgIpc) is 3.48. The van der Waals surface area contributed by atoms with Crippen molar-refractivity contribution in [2.24, 2.45) is 0 Å². The second-order valence-corrected chi connectivity index (χ2v) is 9.48. The lowest BCUT2D eigenvalue weighted by atomic mass is 9.94. The van der Waals surface area contributed by atoms with Crippen LogP contribution in [0.3, 0.4) is 0 Å². The zero-order valence-electron chi connectivity index (χ0n) is 18.5. The van der Waals surface area contributed by atoms with E-state index in [1.165, 1.54) is 16.2 Å². The maximum absolute atomic E-state index is 13.2. The number of amides is 1. The van der Waals surface area contributed by atoms with Gasteiger partial charge < -0.3 is 9.84 Å². The molecule has 2 atom stereocenters. The van der Waals surface area contributed by atoms with Crippen molar-refractivity contribution < 1.29 is 19.4 Å². The molecule has 0 bridgehead atoms. The fourth-order valence-corrected chi connectivity index (χ4v) is 5.10. The first kappa shape index (κ1) is 21.3. The number of nitrogens with zero attached hydrogens (tertiary/aromatic N) is 3. The standard InChI is InChI=1S/C25H23N3O4S/c1-4-15-5-7-16(8-6-15)21-20(23(30)24(31)28(21)25-27-26-14(3)33-25)22(29)17-9-10-19-18(12-17)11-13(2)32-19/h5-10,12-13,21,29H,4,11H2,1-3H3/t13-,21+/m0/s1. The Morgan fingerprint density at radius 3 is 2.61 bits per heavy atom. The molecule has 0 spiro atoms. The Balaban J connectivity index is 1.67. The number of ketones is 1. The average molecular weight is 462 g/mol. The van der Waals surface area contributed by atoms with Crippen molar-refractivity contribution in [3.63, 3.8) is 0 Å². The van der Waals surface area contributed by atoms with E-state index in [4.69, 9.17) is 4.74 Å². The molecule has 8 heteroatoms. The summed E-state index contributed by atoms with van der Waals surface area (Å²) in [5.41, 5.74) is 3.34. The molecule has 1 amide bonds. The molecule has 1 saturated heterocycles. The van der Waals surface area contributed by atoms with Crippen LogP contribution in [0.5, 0.6) is 5.75 Å². The molecular weight excluding hydrogens is 438 g/mol.